The van der Waals surface area contributed by atoms with Crippen LogP contribution in [0.2, 0.25) is 0 Å². The maximum absolute atomic E-state index is 6.59. The van der Waals surface area contributed by atoms with Crippen LogP contribution in [0.4, 0.5) is 0 Å². The van der Waals surface area contributed by atoms with Gasteiger partial charge in [-0.05, 0) is 76.5 Å². The van der Waals surface area contributed by atoms with Crippen molar-refractivity contribution in [3.63, 3.8) is 0 Å². The minimum Gasteiger partial charge on any atom is -0.454 e. The summed E-state index contributed by atoms with van der Waals surface area (Å²) in [6.45, 7) is 0. The Kier molecular flexibility index (Phi) is 5.51. The van der Waals surface area contributed by atoms with Crippen LogP contribution in [0.1, 0.15) is 0 Å². The number of hydrogen-bond donors (Lipinski definition) is 0. The molecule has 0 aliphatic heterocycles. The lowest BCUT2D eigenvalue weighted by Crippen LogP contribution is -1.94. The Labute approximate surface area is 312 Å². The van der Waals surface area contributed by atoms with Crippen molar-refractivity contribution in [3.05, 3.63) is 170 Å². The minimum atomic E-state index is 0.910. The largest absolute Gasteiger partial charge is 0.454 e. The van der Waals surface area contributed by atoms with Gasteiger partial charge in [-0.2, -0.15) is 0 Å². The summed E-state index contributed by atoms with van der Waals surface area (Å²) in [6.07, 6.45) is 0. The van der Waals surface area contributed by atoms with Crippen molar-refractivity contribution < 1.29 is 4.42 Å². The first-order chi connectivity index (χ1) is 26.8. The highest BCUT2D eigenvalue weighted by atomic mass is 32.1. The molecule has 0 saturated heterocycles. The Morgan fingerprint density at radius 2 is 1.09 bits per heavy atom. The van der Waals surface area contributed by atoms with Crippen LogP contribution < -0.4 is 0 Å². The van der Waals surface area contributed by atoms with Gasteiger partial charge in [-0.15, -0.1) is 11.3 Å². The molecule has 0 fully saturated rings. The number of rotatable bonds is 3. The maximum atomic E-state index is 6.59. The summed E-state index contributed by atoms with van der Waals surface area (Å²) < 4.78 is 14.1. The summed E-state index contributed by atoms with van der Waals surface area (Å²) in [5, 5.41) is 12.5. The first-order valence-electron chi connectivity index (χ1n) is 18.4. The van der Waals surface area contributed by atoms with Gasteiger partial charge in [-0.1, -0.05) is 115 Å². The highest BCUT2D eigenvalue weighted by Gasteiger charge is 2.22. The second kappa shape index (κ2) is 10.4. The lowest BCUT2D eigenvalue weighted by molar-refractivity contribution is 0.666. The van der Waals surface area contributed by atoms with Gasteiger partial charge in [0.1, 0.15) is 5.58 Å². The third kappa shape index (κ3) is 3.65. The second-order valence-electron chi connectivity index (χ2n) is 14.4. The summed E-state index contributed by atoms with van der Waals surface area (Å²) in [4.78, 5) is 0. The van der Waals surface area contributed by atoms with Crippen LogP contribution in [0.25, 0.3) is 119 Å². The predicted molar refractivity (Wildman–Crippen MR) is 229 cm³/mol. The van der Waals surface area contributed by atoms with Crippen molar-refractivity contribution in [2.45, 2.75) is 0 Å². The lowest BCUT2D eigenvalue weighted by Gasteiger charge is -2.12. The van der Waals surface area contributed by atoms with Crippen molar-refractivity contribution in [3.8, 4) is 22.5 Å². The SMILES string of the molecule is c1ccc2c(c1)oc1c(-n3c4cccc5ccc6c(-c7ccc8c(c7)c7ccccc7n8-c7cccc8c7sc7ccccc78)ccc3c6c54)cccc12. The Morgan fingerprint density at radius 1 is 0.407 bits per heavy atom. The highest BCUT2D eigenvalue weighted by Crippen LogP contribution is 2.46. The predicted octanol–water partition coefficient (Wildman–Crippen LogP) is 14.4. The van der Waals surface area contributed by atoms with Crippen LogP contribution in [0, 0.1) is 0 Å². The fourth-order valence-electron chi connectivity index (χ4n) is 9.42. The van der Waals surface area contributed by atoms with E-state index in [1.165, 1.54) is 91.4 Å². The van der Waals surface area contributed by atoms with Gasteiger partial charge >= 0.3 is 0 Å². The van der Waals surface area contributed by atoms with Crippen LogP contribution in [0.5, 0.6) is 0 Å². The van der Waals surface area contributed by atoms with Crippen LogP contribution in [-0.2, 0) is 0 Å². The molecule has 0 spiro atoms. The van der Waals surface area contributed by atoms with Gasteiger partial charge in [-0.25, -0.2) is 0 Å². The molecule has 0 bridgehead atoms. The molecule has 4 heterocycles. The number of fused-ring (bicyclic) bond motifs is 9. The molecule has 0 aliphatic rings. The molecule has 0 amide bonds. The van der Waals surface area contributed by atoms with E-state index in [4.69, 9.17) is 4.42 Å². The van der Waals surface area contributed by atoms with E-state index >= 15 is 0 Å². The number of thiophene rings is 1. The van der Waals surface area contributed by atoms with Crippen LogP contribution >= 0.6 is 11.3 Å². The van der Waals surface area contributed by atoms with E-state index in [1.807, 2.05) is 17.4 Å². The minimum absolute atomic E-state index is 0.910. The van der Waals surface area contributed by atoms with Crippen molar-refractivity contribution in [1.29, 1.82) is 0 Å². The molecule has 0 atom stereocenters. The molecule has 4 aromatic heterocycles. The second-order valence-corrected chi connectivity index (χ2v) is 15.5. The van der Waals surface area contributed by atoms with E-state index in [9.17, 15) is 0 Å². The molecule has 0 aliphatic carbocycles. The van der Waals surface area contributed by atoms with Gasteiger partial charge in [0, 0.05) is 47.8 Å². The smallest absolute Gasteiger partial charge is 0.159 e. The molecule has 13 rings (SSSR count). The topological polar surface area (TPSA) is 23.0 Å². The lowest BCUT2D eigenvalue weighted by atomic mass is 9.94. The molecule has 54 heavy (non-hydrogen) atoms. The van der Waals surface area contributed by atoms with Gasteiger partial charge < -0.3 is 13.6 Å². The zero-order valence-electron chi connectivity index (χ0n) is 28.9. The molecule has 0 unspecified atom stereocenters. The van der Waals surface area contributed by atoms with E-state index in [0.29, 0.717) is 0 Å². The van der Waals surface area contributed by atoms with Crippen LogP contribution in [0.15, 0.2) is 174 Å². The van der Waals surface area contributed by atoms with E-state index in [2.05, 4.69) is 173 Å². The maximum Gasteiger partial charge on any atom is 0.159 e. The summed E-state index contributed by atoms with van der Waals surface area (Å²) in [6, 6.07) is 62.2. The van der Waals surface area contributed by atoms with Gasteiger partial charge in [0.25, 0.3) is 0 Å². The van der Waals surface area contributed by atoms with Gasteiger partial charge in [-0.3, -0.25) is 0 Å². The van der Waals surface area contributed by atoms with E-state index < -0.39 is 0 Å². The molecule has 13 aromatic rings. The summed E-state index contributed by atoms with van der Waals surface area (Å²) in [7, 11) is 0. The van der Waals surface area contributed by atoms with Gasteiger partial charge in [0.2, 0.25) is 0 Å². The first kappa shape index (κ1) is 28.7. The molecule has 3 nitrogen and oxygen atoms in total. The Hall–Kier alpha value is -6.88. The molecular weight excluding hydrogens is 677 g/mol. The summed E-state index contributed by atoms with van der Waals surface area (Å²) in [5.74, 6) is 0. The number of hydrogen-bond acceptors (Lipinski definition) is 2. The molecule has 9 aromatic carbocycles. The fourth-order valence-corrected chi connectivity index (χ4v) is 10.6. The summed E-state index contributed by atoms with van der Waals surface area (Å²) in [5.41, 5.74) is 11.4. The Balaban J connectivity index is 1.06. The van der Waals surface area contributed by atoms with Crippen molar-refractivity contribution in [1.82, 2.24) is 9.13 Å². The molecule has 0 N–H and O–H groups in total. The average molecular weight is 705 g/mol. The van der Waals surface area contributed by atoms with Crippen LogP contribution in [-0.4, -0.2) is 9.13 Å². The molecular formula is C50H28N2OS. The number of aromatic nitrogens is 2. The Morgan fingerprint density at radius 3 is 2.04 bits per heavy atom. The zero-order chi connectivity index (χ0) is 35.1. The molecule has 0 radical (unpaired) electrons. The highest BCUT2D eigenvalue weighted by molar-refractivity contribution is 7.26. The van der Waals surface area contributed by atoms with Crippen LogP contribution in [0.3, 0.4) is 0 Å². The van der Waals surface area contributed by atoms with E-state index in [1.54, 1.807) is 0 Å². The standard InChI is InChI=1S/C50H28N2OS/c1-4-16-39-32(11-1)38-28-30(23-26-40(38)51(39)44-19-9-15-37-34-13-3-6-21-46(34)54-50(37)44)31-25-27-42-48-35(31)24-22-29-10-7-17-41(47(29)48)52(42)43-18-8-14-36-33-12-2-5-20-45(33)53-49(36)43/h1-28H. The number of para-hydroxylation sites is 3. The molecule has 4 heteroatoms. The third-order valence-corrected chi connectivity index (χ3v) is 12.9. The van der Waals surface area contributed by atoms with Crippen molar-refractivity contribution in [2.75, 3.05) is 0 Å². The van der Waals surface area contributed by atoms with Crippen molar-refractivity contribution in [2.24, 2.45) is 0 Å². The third-order valence-electron chi connectivity index (χ3n) is 11.7. The first-order valence-corrected chi connectivity index (χ1v) is 19.2. The quantitative estimate of drug-likeness (QED) is 0.168. The van der Waals surface area contributed by atoms with Crippen molar-refractivity contribution >= 4 is 108 Å². The Bertz CT molecular complexity index is 3690. The molecule has 0 saturated carbocycles. The normalized spacial score (nSPS) is 12.4. The number of furan rings is 1. The molecule has 250 valence electrons. The van der Waals surface area contributed by atoms with Gasteiger partial charge in [0.05, 0.1) is 38.1 Å². The average Bonchev–Trinajstić information content (AvgIpc) is 3.98. The summed E-state index contributed by atoms with van der Waals surface area (Å²) >= 11 is 1.88. The fraction of sp³-hybridized carbons (Fsp3) is 0. The zero-order valence-corrected chi connectivity index (χ0v) is 29.7. The monoisotopic (exact) mass is 704 g/mol. The van der Waals surface area contributed by atoms with E-state index in [0.717, 1.165) is 27.6 Å². The van der Waals surface area contributed by atoms with E-state index in [-0.39, 0.29) is 0 Å². The number of benzene rings is 9. The number of nitrogens with zero attached hydrogens (tertiary/aromatic N) is 2. The van der Waals surface area contributed by atoms with Gasteiger partial charge in [0.15, 0.2) is 5.58 Å².